The zero-order valence-electron chi connectivity index (χ0n) is 14.5. The zero-order chi connectivity index (χ0) is 18.6. The second kappa shape index (κ2) is 8.41. The van der Waals surface area contributed by atoms with Gasteiger partial charge in [-0.2, -0.15) is 4.31 Å². The number of carbonyl (C=O) groups excluding carboxylic acids is 2. The Bertz CT molecular complexity index is 747. The van der Waals surface area contributed by atoms with Gasteiger partial charge in [0.15, 0.2) is 0 Å². The average Bonchev–Trinajstić information content (AvgIpc) is 3.06. The number of benzene rings is 1. The first kappa shape index (κ1) is 19.2. The third-order valence-corrected chi connectivity index (χ3v) is 7.56. The van der Waals surface area contributed by atoms with Gasteiger partial charge in [-0.05, 0) is 30.9 Å². The van der Waals surface area contributed by atoms with Gasteiger partial charge in [-0.1, -0.05) is 18.2 Å². The minimum atomic E-state index is -3.44. The molecule has 1 N–H and O–H groups in total. The number of amides is 2. The van der Waals surface area contributed by atoms with E-state index in [2.05, 4.69) is 5.32 Å². The molecule has 26 heavy (non-hydrogen) atoms. The maximum absolute atomic E-state index is 12.6. The third kappa shape index (κ3) is 4.57. The van der Waals surface area contributed by atoms with Crippen LogP contribution in [-0.2, 0) is 19.6 Å². The number of nitrogens with zero attached hydrogens (tertiary/aromatic N) is 2. The van der Waals surface area contributed by atoms with Crippen LogP contribution in [0.3, 0.4) is 0 Å². The van der Waals surface area contributed by atoms with Gasteiger partial charge in [0.2, 0.25) is 21.8 Å². The van der Waals surface area contributed by atoms with Crippen molar-refractivity contribution >= 4 is 33.6 Å². The zero-order valence-corrected chi connectivity index (χ0v) is 16.1. The number of hydrogen-bond acceptors (Lipinski definition) is 5. The second-order valence-electron chi connectivity index (χ2n) is 6.53. The van der Waals surface area contributed by atoms with Crippen molar-refractivity contribution in [3.05, 3.63) is 30.3 Å². The number of hydrogen-bond donors (Lipinski definition) is 1. The van der Waals surface area contributed by atoms with Crippen LogP contribution in [0.2, 0.25) is 0 Å². The Hall–Kier alpha value is -1.58. The normalized spacial score (nSPS) is 19.7. The summed E-state index contributed by atoms with van der Waals surface area (Å²) in [5.74, 6) is 1.12. The Morgan fingerprint density at radius 3 is 2.50 bits per heavy atom. The predicted molar refractivity (Wildman–Crippen MR) is 100.0 cm³/mol. The minimum absolute atomic E-state index is 0.00424. The van der Waals surface area contributed by atoms with Crippen molar-refractivity contribution in [1.29, 1.82) is 0 Å². The molecule has 7 nitrogen and oxygen atoms in total. The molecule has 0 bridgehead atoms. The van der Waals surface area contributed by atoms with E-state index in [0.29, 0.717) is 49.0 Å². The van der Waals surface area contributed by atoms with Crippen LogP contribution in [-0.4, -0.2) is 67.2 Å². The van der Waals surface area contributed by atoms with E-state index in [0.717, 1.165) is 0 Å². The summed E-state index contributed by atoms with van der Waals surface area (Å²) >= 11 is 1.51. The van der Waals surface area contributed by atoms with Crippen LogP contribution < -0.4 is 5.32 Å². The van der Waals surface area contributed by atoms with Gasteiger partial charge in [0.1, 0.15) is 6.54 Å². The molecule has 1 aromatic rings. The molecule has 1 aromatic carbocycles. The fraction of sp³-hybridized carbons (Fsp3) is 0.529. The fourth-order valence-electron chi connectivity index (χ4n) is 3.12. The molecule has 9 heteroatoms. The summed E-state index contributed by atoms with van der Waals surface area (Å²) in [7, 11) is -3.44. The highest BCUT2D eigenvalue weighted by Crippen LogP contribution is 2.23. The number of carbonyl (C=O) groups is 2. The highest BCUT2D eigenvalue weighted by atomic mass is 32.2. The van der Waals surface area contributed by atoms with Crippen LogP contribution in [0.1, 0.15) is 12.8 Å². The average molecular weight is 398 g/mol. The summed E-state index contributed by atoms with van der Waals surface area (Å²) in [6.45, 7) is 1.54. The molecule has 0 saturated carbocycles. The smallest absolute Gasteiger partial charge is 0.243 e. The first-order valence-corrected chi connectivity index (χ1v) is 11.2. The van der Waals surface area contributed by atoms with Crippen LogP contribution in [0.4, 0.5) is 0 Å². The topological polar surface area (TPSA) is 86.8 Å². The lowest BCUT2D eigenvalue weighted by molar-refractivity contribution is -0.132. The summed E-state index contributed by atoms with van der Waals surface area (Å²) in [6.07, 6.45) is 1.43. The van der Waals surface area contributed by atoms with Gasteiger partial charge in [-0.3, -0.25) is 9.59 Å². The van der Waals surface area contributed by atoms with E-state index in [1.54, 1.807) is 35.2 Å². The molecule has 2 fully saturated rings. The number of piperidine rings is 1. The fourth-order valence-corrected chi connectivity index (χ4v) is 5.52. The van der Waals surface area contributed by atoms with Gasteiger partial charge in [-0.25, -0.2) is 8.42 Å². The van der Waals surface area contributed by atoms with E-state index < -0.39 is 10.0 Å². The van der Waals surface area contributed by atoms with Crippen LogP contribution in [0.25, 0.3) is 0 Å². The van der Waals surface area contributed by atoms with Crippen LogP contribution in [0.15, 0.2) is 35.2 Å². The lowest BCUT2D eigenvalue weighted by Gasteiger charge is -2.31. The molecule has 2 amide bonds. The van der Waals surface area contributed by atoms with Crippen molar-refractivity contribution < 1.29 is 18.0 Å². The van der Waals surface area contributed by atoms with Crippen molar-refractivity contribution in [2.24, 2.45) is 5.92 Å². The monoisotopic (exact) mass is 397 g/mol. The second-order valence-corrected chi connectivity index (χ2v) is 9.43. The minimum Gasteiger partial charge on any atom is -0.354 e. The lowest BCUT2D eigenvalue weighted by Crippen LogP contribution is -2.43. The highest BCUT2D eigenvalue weighted by molar-refractivity contribution is 8.00. The summed E-state index contributed by atoms with van der Waals surface area (Å²) in [5.41, 5.74) is 0. The van der Waals surface area contributed by atoms with E-state index in [9.17, 15) is 18.0 Å². The molecule has 0 unspecified atom stereocenters. The molecule has 2 aliphatic rings. The van der Waals surface area contributed by atoms with Crippen molar-refractivity contribution in [2.45, 2.75) is 17.7 Å². The molecule has 2 heterocycles. The molecule has 0 spiro atoms. The maximum atomic E-state index is 12.6. The van der Waals surface area contributed by atoms with E-state index in [-0.39, 0.29) is 24.3 Å². The SMILES string of the molecule is O=C(CN1CSCC1=O)NCC1CCN(S(=O)(=O)c2ccccc2)CC1. The van der Waals surface area contributed by atoms with Crippen molar-refractivity contribution in [2.75, 3.05) is 37.8 Å². The Kier molecular flexibility index (Phi) is 6.20. The van der Waals surface area contributed by atoms with Gasteiger partial charge < -0.3 is 10.2 Å². The largest absolute Gasteiger partial charge is 0.354 e. The van der Waals surface area contributed by atoms with Gasteiger partial charge in [0.25, 0.3) is 0 Å². The molecule has 3 rings (SSSR count). The third-order valence-electron chi connectivity index (χ3n) is 4.70. The van der Waals surface area contributed by atoms with E-state index in [1.165, 1.54) is 16.1 Å². The standard InChI is InChI=1S/C17H23N3O4S2/c21-16(11-19-13-25-12-17(19)22)18-10-14-6-8-20(9-7-14)26(23,24)15-4-2-1-3-5-15/h1-5,14H,6-13H2,(H,18,21). The Balaban J connectivity index is 1.44. The van der Waals surface area contributed by atoms with Crippen molar-refractivity contribution in [3.8, 4) is 0 Å². The Morgan fingerprint density at radius 2 is 1.88 bits per heavy atom. The summed E-state index contributed by atoms with van der Waals surface area (Å²) in [5, 5.41) is 2.88. The number of rotatable bonds is 6. The van der Waals surface area contributed by atoms with E-state index in [1.807, 2.05) is 0 Å². The Labute approximate surface area is 158 Å². The summed E-state index contributed by atoms with van der Waals surface area (Å²) < 4.78 is 26.7. The number of sulfonamides is 1. The molecule has 0 radical (unpaired) electrons. The van der Waals surface area contributed by atoms with Gasteiger partial charge in [0, 0.05) is 19.6 Å². The Morgan fingerprint density at radius 1 is 1.19 bits per heavy atom. The molecule has 2 saturated heterocycles. The molecular formula is C17H23N3O4S2. The van der Waals surface area contributed by atoms with E-state index in [4.69, 9.17) is 0 Å². The van der Waals surface area contributed by atoms with Gasteiger partial charge in [-0.15, -0.1) is 11.8 Å². The first-order valence-electron chi connectivity index (χ1n) is 8.64. The van der Waals surface area contributed by atoms with Crippen LogP contribution in [0.5, 0.6) is 0 Å². The van der Waals surface area contributed by atoms with Crippen LogP contribution >= 0.6 is 11.8 Å². The molecule has 142 valence electrons. The molecule has 0 aliphatic carbocycles. The highest BCUT2D eigenvalue weighted by Gasteiger charge is 2.29. The molecule has 2 aliphatic heterocycles. The van der Waals surface area contributed by atoms with Gasteiger partial charge in [0.05, 0.1) is 16.5 Å². The maximum Gasteiger partial charge on any atom is 0.243 e. The van der Waals surface area contributed by atoms with Crippen LogP contribution in [0, 0.1) is 5.92 Å². The van der Waals surface area contributed by atoms with Gasteiger partial charge >= 0.3 is 0 Å². The summed E-state index contributed by atoms with van der Waals surface area (Å²) in [6, 6.07) is 8.46. The number of thioether (sulfide) groups is 1. The first-order chi connectivity index (χ1) is 12.5. The number of nitrogens with one attached hydrogen (secondary N) is 1. The van der Waals surface area contributed by atoms with Crippen molar-refractivity contribution in [1.82, 2.24) is 14.5 Å². The molecular weight excluding hydrogens is 374 g/mol. The predicted octanol–water partition coefficient (Wildman–Crippen LogP) is 0.736. The summed E-state index contributed by atoms with van der Waals surface area (Å²) in [4.78, 5) is 25.4. The quantitative estimate of drug-likeness (QED) is 0.765. The lowest BCUT2D eigenvalue weighted by atomic mass is 9.98. The van der Waals surface area contributed by atoms with E-state index >= 15 is 0 Å². The molecule has 0 atom stereocenters. The molecule has 0 aromatic heterocycles. The van der Waals surface area contributed by atoms with Crippen molar-refractivity contribution in [3.63, 3.8) is 0 Å².